The van der Waals surface area contributed by atoms with E-state index in [1.165, 1.54) is 5.56 Å². The van der Waals surface area contributed by atoms with Gasteiger partial charge in [0.25, 0.3) is 0 Å². The molecule has 1 aliphatic rings. The van der Waals surface area contributed by atoms with E-state index in [2.05, 4.69) is 5.32 Å². The van der Waals surface area contributed by atoms with Gasteiger partial charge in [0.1, 0.15) is 0 Å². The second-order valence-electron chi connectivity index (χ2n) is 5.56. The molecule has 2 rings (SSSR count). The average Bonchev–Trinajstić information content (AvgIpc) is 3.17. The van der Waals surface area contributed by atoms with Crippen molar-refractivity contribution in [3.63, 3.8) is 0 Å². The number of carbonyl (C=O) groups is 2. The average molecular weight is 274 g/mol. The van der Waals surface area contributed by atoms with E-state index >= 15 is 0 Å². The molecule has 2 amide bonds. The normalized spacial score (nSPS) is 13.9. The topological polar surface area (TPSA) is 49.4 Å². The van der Waals surface area contributed by atoms with Gasteiger partial charge in [-0.05, 0) is 38.3 Å². The van der Waals surface area contributed by atoms with E-state index < -0.39 is 0 Å². The fourth-order valence-electron chi connectivity index (χ4n) is 2.37. The SMILES string of the molecule is CC(=O)N(CCC(=O)Nc1ccc(C)cc1C)C1CC1. The molecular weight excluding hydrogens is 252 g/mol. The van der Waals surface area contributed by atoms with E-state index in [-0.39, 0.29) is 11.8 Å². The fourth-order valence-corrected chi connectivity index (χ4v) is 2.37. The summed E-state index contributed by atoms with van der Waals surface area (Å²) in [4.78, 5) is 25.3. The molecule has 0 atom stereocenters. The molecule has 0 bridgehead atoms. The van der Waals surface area contributed by atoms with Crippen molar-refractivity contribution in [1.29, 1.82) is 0 Å². The first kappa shape index (κ1) is 14.6. The first-order valence-electron chi connectivity index (χ1n) is 7.11. The maximum Gasteiger partial charge on any atom is 0.226 e. The maximum absolute atomic E-state index is 12.0. The lowest BCUT2D eigenvalue weighted by atomic mass is 10.1. The number of amides is 2. The quantitative estimate of drug-likeness (QED) is 0.897. The van der Waals surface area contributed by atoms with Crippen molar-refractivity contribution in [1.82, 2.24) is 4.90 Å². The molecule has 1 saturated carbocycles. The van der Waals surface area contributed by atoms with Gasteiger partial charge in [-0.2, -0.15) is 0 Å². The molecule has 1 aromatic carbocycles. The Labute approximate surface area is 120 Å². The van der Waals surface area contributed by atoms with E-state index in [1.807, 2.05) is 36.9 Å². The number of aryl methyl sites for hydroxylation is 2. The zero-order chi connectivity index (χ0) is 14.7. The van der Waals surface area contributed by atoms with E-state index in [0.717, 1.165) is 24.1 Å². The van der Waals surface area contributed by atoms with Crippen LogP contribution in [0.3, 0.4) is 0 Å². The van der Waals surface area contributed by atoms with E-state index in [0.29, 0.717) is 19.0 Å². The van der Waals surface area contributed by atoms with Crippen LogP contribution in [0.15, 0.2) is 18.2 Å². The van der Waals surface area contributed by atoms with E-state index in [1.54, 1.807) is 6.92 Å². The molecule has 1 N–H and O–H groups in total. The number of hydrogen-bond acceptors (Lipinski definition) is 2. The van der Waals surface area contributed by atoms with Crippen molar-refractivity contribution in [2.75, 3.05) is 11.9 Å². The summed E-state index contributed by atoms with van der Waals surface area (Å²) in [6.07, 6.45) is 2.49. The van der Waals surface area contributed by atoms with E-state index in [4.69, 9.17) is 0 Å². The van der Waals surface area contributed by atoms with Crippen LogP contribution in [0.2, 0.25) is 0 Å². The number of benzene rings is 1. The van der Waals surface area contributed by atoms with Crippen LogP contribution in [0.4, 0.5) is 5.69 Å². The van der Waals surface area contributed by atoms with Gasteiger partial charge in [-0.1, -0.05) is 17.7 Å². The monoisotopic (exact) mass is 274 g/mol. The van der Waals surface area contributed by atoms with Crippen molar-refractivity contribution in [2.45, 2.75) is 46.1 Å². The Morgan fingerprint density at radius 2 is 2.00 bits per heavy atom. The summed E-state index contributed by atoms with van der Waals surface area (Å²) < 4.78 is 0. The number of carbonyl (C=O) groups excluding carboxylic acids is 2. The number of anilines is 1. The van der Waals surface area contributed by atoms with Crippen LogP contribution in [-0.4, -0.2) is 29.3 Å². The standard InChI is InChI=1S/C16H22N2O2/c1-11-4-7-15(12(2)10-11)17-16(20)8-9-18(13(3)19)14-5-6-14/h4,7,10,14H,5-6,8-9H2,1-3H3,(H,17,20). The van der Waals surface area contributed by atoms with Crippen molar-refractivity contribution in [3.05, 3.63) is 29.3 Å². The molecule has 1 aromatic rings. The Balaban J connectivity index is 1.87. The number of nitrogens with one attached hydrogen (secondary N) is 1. The molecule has 1 aliphatic carbocycles. The van der Waals surface area contributed by atoms with Crippen LogP contribution in [0.1, 0.15) is 37.3 Å². The summed E-state index contributed by atoms with van der Waals surface area (Å²) >= 11 is 0. The third-order valence-corrected chi connectivity index (χ3v) is 3.63. The van der Waals surface area contributed by atoms with E-state index in [9.17, 15) is 9.59 Å². The minimum absolute atomic E-state index is 0.0381. The van der Waals surface area contributed by atoms with Gasteiger partial charge in [-0.3, -0.25) is 9.59 Å². The molecule has 108 valence electrons. The maximum atomic E-state index is 12.0. The minimum Gasteiger partial charge on any atom is -0.339 e. The molecule has 0 aromatic heterocycles. The molecule has 20 heavy (non-hydrogen) atoms. The molecule has 4 nitrogen and oxygen atoms in total. The van der Waals surface area contributed by atoms with Gasteiger partial charge in [0.2, 0.25) is 11.8 Å². The Kier molecular flexibility index (Phi) is 4.42. The van der Waals surface area contributed by atoms with Crippen LogP contribution in [0.5, 0.6) is 0 Å². The minimum atomic E-state index is -0.0381. The highest BCUT2D eigenvalue weighted by molar-refractivity contribution is 5.91. The first-order valence-corrected chi connectivity index (χ1v) is 7.11. The van der Waals surface area contributed by atoms with Crippen molar-refractivity contribution >= 4 is 17.5 Å². The molecule has 0 heterocycles. The van der Waals surface area contributed by atoms with Crippen molar-refractivity contribution in [2.24, 2.45) is 0 Å². The molecule has 0 unspecified atom stereocenters. The first-order chi connectivity index (χ1) is 9.47. The van der Waals surface area contributed by atoms with Crippen LogP contribution < -0.4 is 5.32 Å². The zero-order valence-corrected chi connectivity index (χ0v) is 12.4. The van der Waals surface area contributed by atoms with Gasteiger partial charge >= 0.3 is 0 Å². The van der Waals surface area contributed by atoms with Gasteiger partial charge in [-0.15, -0.1) is 0 Å². The summed E-state index contributed by atoms with van der Waals surface area (Å²) in [5.74, 6) is 0.0238. The number of rotatable bonds is 5. The third-order valence-electron chi connectivity index (χ3n) is 3.63. The second-order valence-corrected chi connectivity index (χ2v) is 5.56. The Hall–Kier alpha value is -1.84. The molecular formula is C16H22N2O2. The van der Waals surface area contributed by atoms with Gasteiger partial charge in [0.15, 0.2) is 0 Å². The largest absolute Gasteiger partial charge is 0.339 e. The van der Waals surface area contributed by atoms with Gasteiger partial charge in [0, 0.05) is 31.6 Å². The summed E-state index contributed by atoms with van der Waals surface area (Å²) in [6, 6.07) is 6.31. The Morgan fingerprint density at radius 1 is 1.30 bits per heavy atom. The fraction of sp³-hybridized carbons (Fsp3) is 0.500. The zero-order valence-electron chi connectivity index (χ0n) is 12.4. The smallest absolute Gasteiger partial charge is 0.226 e. The molecule has 0 spiro atoms. The highest BCUT2D eigenvalue weighted by Crippen LogP contribution is 2.27. The second kappa shape index (κ2) is 6.07. The van der Waals surface area contributed by atoms with Crippen molar-refractivity contribution < 1.29 is 9.59 Å². The van der Waals surface area contributed by atoms with Crippen LogP contribution in [0, 0.1) is 13.8 Å². The summed E-state index contributed by atoms with van der Waals surface area (Å²) in [5, 5.41) is 2.91. The number of hydrogen-bond donors (Lipinski definition) is 1. The summed E-state index contributed by atoms with van der Waals surface area (Å²) in [6.45, 7) is 6.09. The third kappa shape index (κ3) is 3.83. The molecule has 0 aliphatic heterocycles. The molecule has 0 saturated heterocycles. The van der Waals surface area contributed by atoms with Crippen LogP contribution in [0.25, 0.3) is 0 Å². The van der Waals surface area contributed by atoms with Gasteiger partial charge < -0.3 is 10.2 Å². The van der Waals surface area contributed by atoms with Crippen molar-refractivity contribution in [3.8, 4) is 0 Å². The summed E-state index contributed by atoms with van der Waals surface area (Å²) in [7, 11) is 0. The van der Waals surface area contributed by atoms with Crippen LogP contribution >= 0.6 is 0 Å². The highest BCUT2D eigenvalue weighted by Gasteiger charge is 2.30. The lowest BCUT2D eigenvalue weighted by Crippen LogP contribution is -2.33. The molecule has 1 fully saturated rings. The van der Waals surface area contributed by atoms with Crippen LogP contribution in [-0.2, 0) is 9.59 Å². The summed E-state index contributed by atoms with van der Waals surface area (Å²) in [5.41, 5.74) is 3.09. The predicted molar refractivity (Wildman–Crippen MR) is 79.6 cm³/mol. The van der Waals surface area contributed by atoms with Gasteiger partial charge in [-0.25, -0.2) is 0 Å². The molecule has 0 radical (unpaired) electrons. The lowest BCUT2D eigenvalue weighted by Gasteiger charge is -2.20. The Bertz CT molecular complexity index is 521. The predicted octanol–water partition coefficient (Wildman–Crippen LogP) is 2.64. The number of nitrogens with zero attached hydrogens (tertiary/aromatic N) is 1. The Morgan fingerprint density at radius 3 is 2.55 bits per heavy atom. The lowest BCUT2D eigenvalue weighted by molar-refractivity contribution is -0.129. The molecule has 4 heteroatoms. The van der Waals surface area contributed by atoms with Gasteiger partial charge in [0.05, 0.1) is 0 Å². The highest BCUT2D eigenvalue weighted by atomic mass is 16.2.